The van der Waals surface area contributed by atoms with Crippen molar-refractivity contribution in [2.24, 2.45) is 0 Å². The van der Waals surface area contributed by atoms with Gasteiger partial charge in [0, 0.05) is 52.8 Å². The van der Waals surface area contributed by atoms with Crippen molar-refractivity contribution in [2.45, 2.75) is 25.8 Å². The fourth-order valence-corrected chi connectivity index (χ4v) is 2.22. The largest absolute Gasteiger partial charge is 0.383 e. The quantitative estimate of drug-likeness (QED) is 0.706. The van der Waals surface area contributed by atoms with Gasteiger partial charge in [-0.05, 0) is 19.9 Å². The van der Waals surface area contributed by atoms with Gasteiger partial charge in [-0.25, -0.2) is 0 Å². The lowest BCUT2D eigenvalue weighted by molar-refractivity contribution is -0.129. The highest BCUT2D eigenvalue weighted by Gasteiger charge is 2.19. The second kappa shape index (κ2) is 8.45. The molecule has 0 aromatic heterocycles. The van der Waals surface area contributed by atoms with Crippen LogP contribution in [0, 0.1) is 0 Å². The van der Waals surface area contributed by atoms with Crippen molar-refractivity contribution in [3.8, 4) is 0 Å². The van der Waals surface area contributed by atoms with Gasteiger partial charge in [0.05, 0.1) is 6.61 Å². The van der Waals surface area contributed by atoms with Gasteiger partial charge >= 0.3 is 0 Å². The van der Waals surface area contributed by atoms with E-state index in [4.69, 9.17) is 4.74 Å². The van der Waals surface area contributed by atoms with Crippen molar-refractivity contribution < 1.29 is 9.53 Å². The molecule has 5 heteroatoms. The molecule has 0 bridgehead atoms. The van der Waals surface area contributed by atoms with E-state index in [1.807, 2.05) is 4.90 Å². The van der Waals surface area contributed by atoms with Crippen LogP contribution < -0.4 is 5.32 Å². The molecule has 0 spiro atoms. The highest BCUT2D eigenvalue weighted by Crippen LogP contribution is 2.09. The monoisotopic (exact) mass is 257 g/mol. The molecule has 0 unspecified atom stereocenters. The summed E-state index contributed by atoms with van der Waals surface area (Å²) >= 11 is 0. The molecule has 1 N–H and O–H groups in total. The molecule has 0 aliphatic carbocycles. The zero-order valence-corrected chi connectivity index (χ0v) is 11.9. The Hall–Kier alpha value is -0.650. The van der Waals surface area contributed by atoms with E-state index in [0.717, 1.165) is 52.2 Å². The summed E-state index contributed by atoms with van der Waals surface area (Å²) in [6.45, 7) is 7.24. The summed E-state index contributed by atoms with van der Waals surface area (Å²) in [7, 11) is 3.84. The molecule has 106 valence electrons. The molecule has 1 saturated heterocycles. The van der Waals surface area contributed by atoms with Crippen LogP contribution in [-0.2, 0) is 9.53 Å². The van der Waals surface area contributed by atoms with Crippen LogP contribution in [0.4, 0.5) is 0 Å². The molecule has 0 saturated carbocycles. The molecule has 0 atom stereocenters. The van der Waals surface area contributed by atoms with Crippen molar-refractivity contribution in [3.63, 3.8) is 0 Å². The molecule has 0 aromatic carbocycles. The van der Waals surface area contributed by atoms with E-state index in [1.165, 1.54) is 0 Å². The topological polar surface area (TPSA) is 44.8 Å². The fraction of sp³-hybridized carbons (Fsp3) is 0.923. The Morgan fingerprint density at radius 3 is 2.61 bits per heavy atom. The third-order valence-corrected chi connectivity index (χ3v) is 3.54. The number of likely N-dealkylation sites (N-methyl/N-ethyl adjacent to an activating group) is 1. The van der Waals surface area contributed by atoms with Gasteiger partial charge in [0.2, 0.25) is 5.91 Å². The van der Waals surface area contributed by atoms with Crippen LogP contribution in [0.2, 0.25) is 0 Å². The van der Waals surface area contributed by atoms with Crippen LogP contribution in [0.1, 0.15) is 19.8 Å². The molecule has 1 heterocycles. The Bertz CT molecular complexity index is 240. The lowest BCUT2D eigenvalue weighted by Gasteiger charge is -2.32. The van der Waals surface area contributed by atoms with E-state index in [-0.39, 0.29) is 5.91 Å². The van der Waals surface area contributed by atoms with Crippen LogP contribution in [0.15, 0.2) is 0 Å². The Morgan fingerprint density at radius 1 is 1.39 bits per heavy atom. The van der Waals surface area contributed by atoms with Crippen molar-refractivity contribution in [1.82, 2.24) is 15.1 Å². The van der Waals surface area contributed by atoms with Crippen molar-refractivity contribution in [2.75, 3.05) is 53.5 Å². The van der Waals surface area contributed by atoms with E-state index in [1.54, 1.807) is 14.0 Å². The first kappa shape index (κ1) is 15.4. The van der Waals surface area contributed by atoms with E-state index < -0.39 is 0 Å². The second-order valence-electron chi connectivity index (χ2n) is 5.03. The minimum absolute atomic E-state index is 0.202. The highest BCUT2D eigenvalue weighted by atomic mass is 16.5. The number of piperidine rings is 1. The van der Waals surface area contributed by atoms with Crippen molar-refractivity contribution in [3.05, 3.63) is 0 Å². The number of likely N-dealkylation sites (tertiary alicyclic amines) is 1. The Morgan fingerprint density at radius 2 is 2.06 bits per heavy atom. The minimum Gasteiger partial charge on any atom is -0.383 e. The van der Waals surface area contributed by atoms with Crippen LogP contribution in [-0.4, -0.2) is 75.2 Å². The van der Waals surface area contributed by atoms with E-state index in [9.17, 15) is 4.79 Å². The average Bonchev–Trinajstić information content (AvgIpc) is 2.37. The number of carbonyl (C=O) groups is 1. The maximum absolute atomic E-state index is 11.2. The molecule has 1 rings (SSSR count). The SMILES string of the molecule is COCCN(C)CCNC1CCN(C(C)=O)CC1. The van der Waals surface area contributed by atoms with E-state index in [0.29, 0.717) is 6.04 Å². The first-order valence-corrected chi connectivity index (χ1v) is 6.80. The maximum Gasteiger partial charge on any atom is 0.219 e. The molecule has 1 amide bonds. The van der Waals surface area contributed by atoms with Crippen LogP contribution >= 0.6 is 0 Å². The van der Waals surface area contributed by atoms with Crippen LogP contribution in [0.5, 0.6) is 0 Å². The average molecular weight is 257 g/mol. The number of hydrogen-bond donors (Lipinski definition) is 1. The number of ether oxygens (including phenoxy) is 1. The Labute approximate surface area is 110 Å². The summed E-state index contributed by atoms with van der Waals surface area (Å²) in [6.07, 6.45) is 2.14. The number of rotatable bonds is 7. The number of methoxy groups -OCH3 is 1. The zero-order chi connectivity index (χ0) is 13.4. The first-order chi connectivity index (χ1) is 8.63. The van der Waals surface area contributed by atoms with Gasteiger partial charge in [0.1, 0.15) is 0 Å². The van der Waals surface area contributed by atoms with Gasteiger partial charge in [0.25, 0.3) is 0 Å². The molecular weight excluding hydrogens is 230 g/mol. The second-order valence-corrected chi connectivity index (χ2v) is 5.03. The van der Waals surface area contributed by atoms with Gasteiger partial charge < -0.3 is 19.9 Å². The Balaban J connectivity index is 2.05. The van der Waals surface area contributed by atoms with E-state index in [2.05, 4.69) is 17.3 Å². The first-order valence-electron chi connectivity index (χ1n) is 6.80. The van der Waals surface area contributed by atoms with Gasteiger partial charge in [-0.1, -0.05) is 0 Å². The number of amides is 1. The smallest absolute Gasteiger partial charge is 0.219 e. The number of hydrogen-bond acceptors (Lipinski definition) is 4. The molecule has 1 aliphatic heterocycles. The molecule has 1 fully saturated rings. The number of carbonyl (C=O) groups excluding carboxylic acids is 1. The summed E-state index contributed by atoms with van der Waals surface area (Å²) in [6, 6.07) is 0.566. The van der Waals surface area contributed by atoms with E-state index >= 15 is 0 Å². The summed E-state index contributed by atoms with van der Waals surface area (Å²) < 4.78 is 5.04. The predicted molar refractivity (Wildman–Crippen MR) is 72.7 cm³/mol. The molecule has 18 heavy (non-hydrogen) atoms. The fourth-order valence-electron chi connectivity index (χ4n) is 2.22. The molecule has 5 nitrogen and oxygen atoms in total. The maximum atomic E-state index is 11.2. The molecular formula is C13H27N3O2. The van der Waals surface area contributed by atoms with Gasteiger partial charge in [-0.15, -0.1) is 0 Å². The van der Waals surface area contributed by atoms with Gasteiger partial charge in [-0.3, -0.25) is 4.79 Å². The standard InChI is InChI=1S/C13H27N3O2/c1-12(17)16-7-4-13(5-8-16)14-6-9-15(2)10-11-18-3/h13-14H,4-11H2,1-3H3. The van der Waals surface area contributed by atoms with Crippen LogP contribution in [0.25, 0.3) is 0 Å². The molecule has 0 aromatic rings. The third-order valence-electron chi connectivity index (χ3n) is 3.54. The normalized spacial score (nSPS) is 17.4. The third kappa shape index (κ3) is 5.80. The summed E-state index contributed by atoms with van der Waals surface area (Å²) in [4.78, 5) is 15.4. The highest BCUT2D eigenvalue weighted by molar-refractivity contribution is 5.73. The Kier molecular flexibility index (Phi) is 7.23. The number of nitrogens with one attached hydrogen (secondary N) is 1. The molecule has 1 aliphatic rings. The summed E-state index contributed by atoms with van der Waals surface area (Å²) in [5, 5.41) is 3.57. The number of nitrogens with zero attached hydrogens (tertiary/aromatic N) is 2. The zero-order valence-electron chi connectivity index (χ0n) is 11.9. The summed E-state index contributed by atoms with van der Waals surface area (Å²) in [5.74, 6) is 0.202. The van der Waals surface area contributed by atoms with Crippen molar-refractivity contribution in [1.29, 1.82) is 0 Å². The summed E-state index contributed by atoms with van der Waals surface area (Å²) in [5.41, 5.74) is 0. The van der Waals surface area contributed by atoms with Gasteiger partial charge in [0.15, 0.2) is 0 Å². The van der Waals surface area contributed by atoms with Crippen molar-refractivity contribution >= 4 is 5.91 Å². The lowest BCUT2D eigenvalue weighted by atomic mass is 10.1. The lowest BCUT2D eigenvalue weighted by Crippen LogP contribution is -2.45. The predicted octanol–water partition coefficient (Wildman–Crippen LogP) is 0.165. The molecule has 0 radical (unpaired) electrons. The van der Waals surface area contributed by atoms with Crippen LogP contribution in [0.3, 0.4) is 0 Å². The minimum atomic E-state index is 0.202. The van der Waals surface area contributed by atoms with Gasteiger partial charge in [-0.2, -0.15) is 0 Å².